The second-order valence-corrected chi connectivity index (χ2v) is 7.35. The minimum absolute atomic E-state index is 0.252. The molecule has 20 heavy (non-hydrogen) atoms. The van der Waals surface area contributed by atoms with Gasteiger partial charge in [-0.15, -0.1) is 0 Å². The predicted octanol–water partition coefficient (Wildman–Crippen LogP) is 1.80. The molecule has 0 bridgehead atoms. The van der Waals surface area contributed by atoms with Crippen LogP contribution in [0.1, 0.15) is 25.7 Å². The standard InChI is InChI=1S/C14H23N3O2S/c1-16-20(18,19)12-7-8-13(15)14(9-12)17(2)10-11-5-3-4-6-11/h7-9,11,16H,3-6,10,15H2,1-2H3. The quantitative estimate of drug-likeness (QED) is 0.813. The molecule has 1 aliphatic carbocycles. The smallest absolute Gasteiger partial charge is 0.240 e. The summed E-state index contributed by atoms with van der Waals surface area (Å²) in [6.45, 7) is 0.924. The minimum atomic E-state index is -3.43. The molecule has 1 aliphatic rings. The molecule has 0 aliphatic heterocycles. The second-order valence-electron chi connectivity index (χ2n) is 5.46. The average molecular weight is 297 g/mol. The fourth-order valence-corrected chi connectivity index (χ4v) is 3.57. The summed E-state index contributed by atoms with van der Waals surface area (Å²) in [5, 5.41) is 0. The highest BCUT2D eigenvalue weighted by Gasteiger charge is 2.19. The molecular formula is C14H23N3O2S. The van der Waals surface area contributed by atoms with Crippen molar-refractivity contribution in [3.05, 3.63) is 18.2 Å². The van der Waals surface area contributed by atoms with Gasteiger partial charge < -0.3 is 10.6 Å². The Bertz CT molecular complexity index is 566. The van der Waals surface area contributed by atoms with Crippen molar-refractivity contribution in [3.63, 3.8) is 0 Å². The number of rotatable bonds is 5. The lowest BCUT2D eigenvalue weighted by Gasteiger charge is -2.25. The highest BCUT2D eigenvalue weighted by atomic mass is 32.2. The summed E-state index contributed by atoms with van der Waals surface area (Å²) in [5.74, 6) is 0.684. The third-order valence-electron chi connectivity index (χ3n) is 4.00. The molecule has 0 aromatic heterocycles. The van der Waals surface area contributed by atoms with E-state index in [1.807, 2.05) is 7.05 Å². The summed E-state index contributed by atoms with van der Waals surface area (Å²) in [4.78, 5) is 2.32. The van der Waals surface area contributed by atoms with Crippen molar-refractivity contribution in [2.75, 3.05) is 31.3 Å². The van der Waals surface area contributed by atoms with E-state index < -0.39 is 10.0 Å². The Morgan fingerprint density at radius 1 is 1.35 bits per heavy atom. The van der Waals surface area contributed by atoms with Gasteiger partial charge >= 0.3 is 0 Å². The third-order valence-corrected chi connectivity index (χ3v) is 5.41. The lowest BCUT2D eigenvalue weighted by atomic mass is 10.1. The molecule has 1 aromatic rings. The van der Waals surface area contributed by atoms with E-state index in [-0.39, 0.29) is 4.90 Å². The van der Waals surface area contributed by atoms with E-state index in [1.165, 1.54) is 38.8 Å². The molecular weight excluding hydrogens is 274 g/mol. The monoisotopic (exact) mass is 297 g/mol. The van der Waals surface area contributed by atoms with Gasteiger partial charge in [-0.2, -0.15) is 0 Å². The molecule has 2 rings (SSSR count). The van der Waals surface area contributed by atoms with Gasteiger partial charge in [0, 0.05) is 13.6 Å². The van der Waals surface area contributed by atoms with Crippen LogP contribution in [0.5, 0.6) is 0 Å². The molecule has 0 spiro atoms. The van der Waals surface area contributed by atoms with Gasteiger partial charge in [-0.1, -0.05) is 12.8 Å². The number of anilines is 2. The van der Waals surface area contributed by atoms with Crippen LogP contribution >= 0.6 is 0 Å². The number of hydrogen-bond acceptors (Lipinski definition) is 4. The van der Waals surface area contributed by atoms with E-state index in [4.69, 9.17) is 5.73 Å². The van der Waals surface area contributed by atoms with Crippen LogP contribution in [0, 0.1) is 5.92 Å². The van der Waals surface area contributed by atoms with E-state index in [0.717, 1.165) is 12.2 Å². The van der Waals surface area contributed by atoms with Crippen LogP contribution in [0.2, 0.25) is 0 Å². The molecule has 1 aromatic carbocycles. The predicted molar refractivity (Wildman–Crippen MR) is 82.3 cm³/mol. The van der Waals surface area contributed by atoms with Gasteiger partial charge in [-0.05, 0) is 44.0 Å². The zero-order valence-electron chi connectivity index (χ0n) is 12.1. The van der Waals surface area contributed by atoms with Crippen LogP contribution in [-0.2, 0) is 10.0 Å². The molecule has 112 valence electrons. The fourth-order valence-electron chi connectivity index (χ4n) is 2.82. The Balaban J connectivity index is 2.23. The first-order chi connectivity index (χ1) is 9.44. The summed E-state index contributed by atoms with van der Waals surface area (Å²) >= 11 is 0. The van der Waals surface area contributed by atoms with Crippen molar-refractivity contribution in [2.24, 2.45) is 5.92 Å². The van der Waals surface area contributed by atoms with Crippen molar-refractivity contribution in [1.29, 1.82) is 0 Å². The summed E-state index contributed by atoms with van der Waals surface area (Å²) in [6, 6.07) is 4.84. The number of nitrogen functional groups attached to an aromatic ring is 1. The van der Waals surface area contributed by atoms with Gasteiger partial charge in [0.1, 0.15) is 0 Å². The molecule has 0 radical (unpaired) electrons. The molecule has 0 heterocycles. The largest absolute Gasteiger partial charge is 0.397 e. The fraction of sp³-hybridized carbons (Fsp3) is 0.571. The zero-order chi connectivity index (χ0) is 14.8. The van der Waals surface area contributed by atoms with Crippen LogP contribution in [0.15, 0.2) is 23.1 Å². The van der Waals surface area contributed by atoms with Gasteiger partial charge in [0.05, 0.1) is 16.3 Å². The number of nitrogens with zero attached hydrogens (tertiary/aromatic N) is 1. The van der Waals surface area contributed by atoms with Crippen LogP contribution in [0.3, 0.4) is 0 Å². The third kappa shape index (κ3) is 3.24. The van der Waals surface area contributed by atoms with Gasteiger partial charge in [-0.3, -0.25) is 0 Å². The average Bonchev–Trinajstić information content (AvgIpc) is 2.91. The maximum atomic E-state index is 11.9. The molecule has 5 nitrogen and oxygen atoms in total. The highest BCUT2D eigenvalue weighted by molar-refractivity contribution is 7.89. The van der Waals surface area contributed by atoms with Gasteiger partial charge in [0.15, 0.2) is 0 Å². The van der Waals surface area contributed by atoms with Gasteiger partial charge in [0.25, 0.3) is 0 Å². The highest BCUT2D eigenvalue weighted by Crippen LogP contribution is 2.30. The first-order valence-electron chi connectivity index (χ1n) is 6.98. The van der Waals surface area contributed by atoms with Crippen molar-refractivity contribution >= 4 is 21.4 Å². The molecule has 0 unspecified atom stereocenters. The Hall–Kier alpha value is -1.27. The number of nitrogens with two attached hydrogens (primary N) is 1. The van der Waals surface area contributed by atoms with Crippen LogP contribution in [0.4, 0.5) is 11.4 Å². The Morgan fingerprint density at radius 3 is 2.60 bits per heavy atom. The van der Waals surface area contributed by atoms with E-state index in [1.54, 1.807) is 12.1 Å². The molecule has 1 fully saturated rings. The normalized spacial score (nSPS) is 16.5. The van der Waals surface area contributed by atoms with Crippen LogP contribution in [-0.4, -0.2) is 29.1 Å². The van der Waals surface area contributed by atoms with E-state index in [9.17, 15) is 8.42 Å². The summed E-state index contributed by atoms with van der Waals surface area (Å²) in [5.41, 5.74) is 7.39. The summed E-state index contributed by atoms with van der Waals surface area (Å²) in [7, 11) is -0.0481. The molecule has 0 atom stereocenters. The first kappa shape index (κ1) is 15.1. The summed E-state index contributed by atoms with van der Waals surface area (Å²) < 4.78 is 26.1. The Kier molecular flexibility index (Phi) is 4.55. The number of sulfonamides is 1. The Morgan fingerprint density at radius 2 is 2.00 bits per heavy atom. The first-order valence-corrected chi connectivity index (χ1v) is 8.46. The molecule has 0 amide bonds. The number of benzene rings is 1. The number of nitrogens with one attached hydrogen (secondary N) is 1. The minimum Gasteiger partial charge on any atom is -0.397 e. The van der Waals surface area contributed by atoms with Crippen molar-refractivity contribution in [1.82, 2.24) is 4.72 Å². The molecule has 6 heteroatoms. The topological polar surface area (TPSA) is 75.4 Å². The zero-order valence-corrected chi connectivity index (χ0v) is 12.9. The maximum Gasteiger partial charge on any atom is 0.240 e. The van der Waals surface area contributed by atoms with Crippen molar-refractivity contribution < 1.29 is 8.42 Å². The summed E-state index contributed by atoms with van der Waals surface area (Å²) in [6.07, 6.45) is 5.09. The van der Waals surface area contributed by atoms with Gasteiger partial charge in [0.2, 0.25) is 10.0 Å². The number of hydrogen-bond donors (Lipinski definition) is 2. The lowest BCUT2D eigenvalue weighted by molar-refractivity contribution is 0.547. The van der Waals surface area contributed by atoms with Crippen LogP contribution in [0.25, 0.3) is 0 Å². The van der Waals surface area contributed by atoms with Crippen molar-refractivity contribution in [2.45, 2.75) is 30.6 Å². The molecule has 0 saturated heterocycles. The lowest BCUT2D eigenvalue weighted by Crippen LogP contribution is -2.25. The molecule has 3 N–H and O–H groups in total. The second kappa shape index (κ2) is 6.01. The Labute approximate surface area is 121 Å². The van der Waals surface area contributed by atoms with Crippen LogP contribution < -0.4 is 15.4 Å². The SMILES string of the molecule is CNS(=O)(=O)c1ccc(N)c(N(C)CC2CCCC2)c1. The van der Waals surface area contributed by atoms with Crippen molar-refractivity contribution in [3.8, 4) is 0 Å². The van der Waals surface area contributed by atoms with E-state index >= 15 is 0 Å². The van der Waals surface area contributed by atoms with Gasteiger partial charge in [-0.25, -0.2) is 13.1 Å². The molecule has 1 saturated carbocycles. The maximum absolute atomic E-state index is 11.9. The van der Waals surface area contributed by atoms with E-state index in [0.29, 0.717) is 11.6 Å². The van der Waals surface area contributed by atoms with E-state index in [2.05, 4.69) is 9.62 Å².